The molecule has 3 aromatic rings. The average molecular weight is 308 g/mol. The zero-order valence-electron chi connectivity index (χ0n) is 13.3. The number of rotatable bonds is 5. The Morgan fingerprint density at radius 1 is 1.17 bits per heavy atom. The first kappa shape index (κ1) is 15.2. The van der Waals surface area contributed by atoms with Crippen molar-refractivity contribution in [2.45, 2.75) is 19.9 Å². The number of benzene rings is 2. The Labute approximate surface area is 135 Å². The van der Waals surface area contributed by atoms with E-state index in [1.165, 1.54) is 0 Å². The molecular formula is C19H20N2O2. The zero-order chi connectivity index (χ0) is 16.2. The fourth-order valence-corrected chi connectivity index (χ4v) is 2.74. The van der Waals surface area contributed by atoms with Crippen LogP contribution in [0.25, 0.3) is 10.9 Å². The van der Waals surface area contributed by atoms with Crippen LogP contribution in [0.15, 0.2) is 48.5 Å². The third-order valence-corrected chi connectivity index (χ3v) is 4.00. The maximum Gasteiger partial charge on any atom is 0.224 e. The fourth-order valence-electron chi connectivity index (χ4n) is 2.74. The Morgan fingerprint density at radius 2 is 1.96 bits per heavy atom. The minimum absolute atomic E-state index is 0.0145. The summed E-state index contributed by atoms with van der Waals surface area (Å²) in [5.41, 5.74) is 4.15. The van der Waals surface area contributed by atoms with Crippen LogP contribution in [0, 0.1) is 6.92 Å². The van der Waals surface area contributed by atoms with E-state index in [1.807, 2.05) is 55.5 Å². The highest BCUT2D eigenvalue weighted by Crippen LogP contribution is 2.26. The summed E-state index contributed by atoms with van der Waals surface area (Å²) in [7, 11) is 1.65. The highest BCUT2D eigenvalue weighted by molar-refractivity contribution is 5.91. The zero-order valence-corrected chi connectivity index (χ0v) is 13.3. The second-order valence-corrected chi connectivity index (χ2v) is 5.58. The Kier molecular flexibility index (Phi) is 4.33. The number of H-pyrrole nitrogens is 1. The van der Waals surface area contributed by atoms with Gasteiger partial charge in [-0.25, -0.2) is 0 Å². The Hall–Kier alpha value is -2.75. The molecule has 0 unspecified atom stereocenters. The second kappa shape index (κ2) is 6.57. The number of aromatic nitrogens is 1. The molecule has 0 spiro atoms. The predicted octanol–water partition coefficient (Wildman–Crippen LogP) is 3.34. The summed E-state index contributed by atoms with van der Waals surface area (Å²) in [6, 6.07) is 15.8. The van der Waals surface area contributed by atoms with Gasteiger partial charge >= 0.3 is 0 Å². The van der Waals surface area contributed by atoms with Crippen LogP contribution >= 0.6 is 0 Å². The van der Waals surface area contributed by atoms with Gasteiger partial charge in [0.15, 0.2) is 0 Å². The van der Waals surface area contributed by atoms with Crippen LogP contribution in [0.1, 0.15) is 16.8 Å². The average Bonchev–Trinajstić information content (AvgIpc) is 2.89. The summed E-state index contributed by atoms with van der Waals surface area (Å²) in [5.74, 6) is 0.808. The molecule has 0 aliphatic rings. The number of methoxy groups -OCH3 is 1. The molecule has 1 heterocycles. The molecule has 2 aromatic carbocycles. The molecule has 0 fully saturated rings. The molecule has 2 N–H and O–H groups in total. The number of carbonyl (C=O) groups is 1. The highest BCUT2D eigenvalue weighted by atomic mass is 16.5. The molecular weight excluding hydrogens is 288 g/mol. The summed E-state index contributed by atoms with van der Waals surface area (Å²) in [4.78, 5) is 15.6. The first-order valence-electron chi connectivity index (χ1n) is 7.63. The van der Waals surface area contributed by atoms with Crippen molar-refractivity contribution >= 4 is 16.8 Å². The number of carbonyl (C=O) groups excluding carboxylic acids is 1. The number of nitrogens with one attached hydrogen (secondary N) is 2. The molecule has 23 heavy (non-hydrogen) atoms. The van der Waals surface area contributed by atoms with Gasteiger partial charge in [-0.15, -0.1) is 0 Å². The topological polar surface area (TPSA) is 54.1 Å². The van der Waals surface area contributed by atoms with Crippen LogP contribution in [-0.4, -0.2) is 18.0 Å². The molecule has 0 saturated carbocycles. The molecule has 3 rings (SSSR count). The number of fused-ring (bicyclic) bond motifs is 1. The van der Waals surface area contributed by atoms with Gasteiger partial charge in [-0.1, -0.05) is 30.3 Å². The van der Waals surface area contributed by atoms with E-state index in [1.54, 1.807) is 7.11 Å². The Balaban J connectivity index is 1.75. The lowest BCUT2D eigenvalue weighted by Gasteiger charge is -2.06. The molecule has 1 aromatic heterocycles. The van der Waals surface area contributed by atoms with E-state index >= 15 is 0 Å². The maximum absolute atomic E-state index is 12.3. The normalized spacial score (nSPS) is 10.7. The summed E-state index contributed by atoms with van der Waals surface area (Å²) in [6.07, 6.45) is 0.353. The minimum Gasteiger partial charge on any atom is -0.497 e. The number of aryl methyl sites for hydroxylation is 1. The SMILES string of the molecule is COc1ccc2[nH]c(C)c(CC(=O)NCc3ccccc3)c2c1. The number of amides is 1. The van der Waals surface area contributed by atoms with E-state index in [-0.39, 0.29) is 5.91 Å². The van der Waals surface area contributed by atoms with Gasteiger partial charge in [0.25, 0.3) is 0 Å². The van der Waals surface area contributed by atoms with Crippen LogP contribution in [-0.2, 0) is 17.8 Å². The summed E-state index contributed by atoms with van der Waals surface area (Å²) >= 11 is 0. The highest BCUT2D eigenvalue weighted by Gasteiger charge is 2.13. The van der Waals surface area contributed by atoms with Gasteiger partial charge in [-0.3, -0.25) is 4.79 Å². The van der Waals surface area contributed by atoms with Gasteiger partial charge in [-0.05, 0) is 36.2 Å². The van der Waals surface area contributed by atoms with Gasteiger partial charge < -0.3 is 15.0 Å². The number of hydrogen-bond acceptors (Lipinski definition) is 2. The Morgan fingerprint density at radius 3 is 2.70 bits per heavy atom. The van der Waals surface area contributed by atoms with Crippen molar-refractivity contribution in [1.82, 2.24) is 10.3 Å². The van der Waals surface area contributed by atoms with Crippen molar-refractivity contribution in [2.75, 3.05) is 7.11 Å². The summed E-state index contributed by atoms with van der Waals surface area (Å²) < 4.78 is 5.28. The molecule has 1 amide bonds. The standard InChI is InChI=1S/C19H20N2O2/c1-13-16(17-10-15(23-2)8-9-18(17)21-13)11-19(22)20-12-14-6-4-3-5-7-14/h3-10,21H,11-12H2,1-2H3,(H,20,22). The monoisotopic (exact) mass is 308 g/mol. The quantitative estimate of drug-likeness (QED) is 0.759. The van der Waals surface area contributed by atoms with Crippen molar-refractivity contribution in [2.24, 2.45) is 0 Å². The number of hydrogen-bond donors (Lipinski definition) is 2. The second-order valence-electron chi connectivity index (χ2n) is 5.58. The van der Waals surface area contributed by atoms with Crippen molar-refractivity contribution in [3.63, 3.8) is 0 Å². The van der Waals surface area contributed by atoms with Crippen LogP contribution in [0.4, 0.5) is 0 Å². The third-order valence-electron chi connectivity index (χ3n) is 4.00. The van der Waals surface area contributed by atoms with Gasteiger partial charge in [0, 0.05) is 23.1 Å². The molecule has 4 heteroatoms. The van der Waals surface area contributed by atoms with E-state index in [9.17, 15) is 4.79 Å². The molecule has 0 saturated heterocycles. The lowest BCUT2D eigenvalue weighted by molar-refractivity contribution is -0.120. The third kappa shape index (κ3) is 3.37. The van der Waals surface area contributed by atoms with Crippen LogP contribution < -0.4 is 10.1 Å². The predicted molar refractivity (Wildman–Crippen MR) is 91.6 cm³/mol. The van der Waals surface area contributed by atoms with Crippen LogP contribution in [0.3, 0.4) is 0 Å². The lowest BCUT2D eigenvalue weighted by Crippen LogP contribution is -2.24. The molecule has 0 aliphatic carbocycles. The number of ether oxygens (including phenoxy) is 1. The van der Waals surface area contributed by atoms with E-state index in [2.05, 4.69) is 10.3 Å². The molecule has 0 bridgehead atoms. The van der Waals surface area contributed by atoms with E-state index in [0.717, 1.165) is 33.5 Å². The first-order valence-corrected chi connectivity index (χ1v) is 7.63. The lowest BCUT2D eigenvalue weighted by atomic mass is 10.1. The molecule has 0 aliphatic heterocycles. The molecule has 4 nitrogen and oxygen atoms in total. The molecule has 0 radical (unpaired) electrons. The Bertz CT molecular complexity index is 822. The largest absolute Gasteiger partial charge is 0.497 e. The van der Waals surface area contributed by atoms with Crippen molar-refractivity contribution in [3.05, 3.63) is 65.4 Å². The van der Waals surface area contributed by atoms with Crippen LogP contribution in [0.2, 0.25) is 0 Å². The first-order chi connectivity index (χ1) is 11.2. The van der Waals surface area contributed by atoms with Gasteiger partial charge in [0.2, 0.25) is 5.91 Å². The van der Waals surface area contributed by atoms with Crippen molar-refractivity contribution < 1.29 is 9.53 Å². The van der Waals surface area contributed by atoms with Gasteiger partial charge in [0.05, 0.1) is 13.5 Å². The van der Waals surface area contributed by atoms with E-state index < -0.39 is 0 Å². The maximum atomic E-state index is 12.3. The van der Waals surface area contributed by atoms with Crippen LogP contribution in [0.5, 0.6) is 5.75 Å². The van der Waals surface area contributed by atoms with Gasteiger partial charge in [0.1, 0.15) is 5.75 Å². The van der Waals surface area contributed by atoms with E-state index in [0.29, 0.717) is 13.0 Å². The molecule has 118 valence electrons. The summed E-state index contributed by atoms with van der Waals surface area (Å²) in [5, 5.41) is 4.01. The van der Waals surface area contributed by atoms with Gasteiger partial charge in [-0.2, -0.15) is 0 Å². The van der Waals surface area contributed by atoms with Crippen molar-refractivity contribution in [3.8, 4) is 5.75 Å². The van der Waals surface area contributed by atoms with E-state index in [4.69, 9.17) is 4.74 Å². The number of aromatic amines is 1. The molecule has 0 atom stereocenters. The summed E-state index contributed by atoms with van der Waals surface area (Å²) in [6.45, 7) is 2.54. The smallest absolute Gasteiger partial charge is 0.224 e. The fraction of sp³-hybridized carbons (Fsp3) is 0.211. The van der Waals surface area contributed by atoms with Crippen molar-refractivity contribution in [1.29, 1.82) is 0 Å². The minimum atomic E-state index is 0.0145.